The summed E-state index contributed by atoms with van der Waals surface area (Å²) < 4.78 is 18.0. The van der Waals surface area contributed by atoms with Crippen LogP contribution in [0.5, 0.6) is 0 Å². The summed E-state index contributed by atoms with van der Waals surface area (Å²) in [6.07, 6.45) is -1.01. The van der Waals surface area contributed by atoms with Crippen LogP contribution in [0.3, 0.4) is 0 Å². The Hall–Kier alpha value is -2.32. The number of benzene rings is 1. The first-order valence-electron chi connectivity index (χ1n) is 6.90. The van der Waals surface area contributed by atoms with Crippen LogP contribution in [0.25, 0.3) is 10.6 Å². The number of morpholine rings is 1. The van der Waals surface area contributed by atoms with E-state index in [1.807, 2.05) is 0 Å². The number of thiazole rings is 1. The average Bonchev–Trinajstić information content (AvgIpc) is 3.05. The maximum Gasteiger partial charge on any atom is 0.334 e. The second-order valence-corrected chi connectivity index (χ2v) is 5.85. The highest BCUT2D eigenvalue weighted by Gasteiger charge is 2.30. The van der Waals surface area contributed by atoms with Crippen LogP contribution in [-0.2, 0) is 9.53 Å². The molecule has 2 heterocycles. The zero-order valence-corrected chi connectivity index (χ0v) is 12.8. The van der Waals surface area contributed by atoms with Crippen molar-refractivity contribution in [2.75, 3.05) is 19.7 Å². The SMILES string of the molecule is O=C(O)C1CN(C(=O)c2csc(-c3ccc(F)cc3)n2)CCO1. The van der Waals surface area contributed by atoms with Gasteiger partial charge in [0.05, 0.1) is 13.2 Å². The summed E-state index contributed by atoms with van der Waals surface area (Å²) in [7, 11) is 0. The molecule has 3 rings (SSSR count). The molecule has 1 saturated heterocycles. The van der Waals surface area contributed by atoms with Crippen molar-refractivity contribution in [2.45, 2.75) is 6.10 Å². The van der Waals surface area contributed by atoms with Gasteiger partial charge < -0.3 is 14.7 Å². The second-order valence-electron chi connectivity index (χ2n) is 4.99. The van der Waals surface area contributed by atoms with E-state index in [4.69, 9.17) is 9.84 Å². The zero-order valence-electron chi connectivity index (χ0n) is 11.9. The molecule has 1 N–H and O–H groups in total. The number of aliphatic carboxylic acids is 1. The van der Waals surface area contributed by atoms with Crippen molar-refractivity contribution in [1.82, 2.24) is 9.88 Å². The minimum Gasteiger partial charge on any atom is -0.479 e. The van der Waals surface area contributed by atoms with Crippen molar-refractivity contribution in [1.29, 1.82) is 0 Å². The summed E-state index contributed by atoms with van der Waals surface area (Å²) in [5, 5.41) is 11.2. The smallest absolute Gasteiger partial charge is 0.334 e. The normalized spacial score (nSPS) is 18.0. The minimum absolute atomic E-state index is 0.00241. The van der Waals surface area contributed by atoms with Gasteiger partial charge in [-0.1, -0.05) is 0 Å². The van der Waals surface area contributed by atoms with Crippen LogP contribution in [0.4, 0.5) is 4.39 Å². The van der Waals surface area contributed by atoms with Gasteiger partial charge in [0.2, 0.25) is 0 Å². The van der Waals surface area contributed by atoms with Crippen molar-refractivity contribution in [3.05, 3.63) is 41.2 Å². The third kappa shape index (κ3) is 3.38. The molecule has 0 spiro atoms. The summed E-state index contributed by atoms with van der Waals surface area (Å²) >= 11 is 1.28. The fourth-order valence-electron chi connectivity index (χ4n) is 2.24. The molecule has 0 radical (unpaired) electrons. The number of aromatic nitrogens is 1. The van der Waals surface area contributed by atoms with Crippen LogP contribution in [0, 0.1) is 5.82 Å². The van der Waals surface area contributed by atoms with Crippen molar-refractivity contribution in [3.63, 3.8) is 0 Å². The van der Waals surface area contributed by atoms with Gasteiger partial charge >= 0.3 is 5.97 Å². The molecule has 1 aromatic heterocycles. The van der Waals surface area contributed by atoms with E-state index in [2.05, 4.69) is 4.98 Å². The number of carbonyl (C=O) groups is 2. The fraction of sp³-hybridized carbons (Fsp3) is 0.267. The second kappa shape index (κ2) is 6.43. The highest BCUT2D eigenvalue weighted by atomic mass is 32.1. The van der Waals surface area contributed by atoms with E-state index in [-0.39, 0.29) is 30.6 Å². The number of hydrogen-bond donors (Lipinski definition) is 1. The van der Waals surface area contributed by atoms with Crippen LogP contribution in [0.1, 0.15) is 10.5 Å². The number of nitrogens with zero attached hydrogens (tertiary/aromatic N) is 2. The Labute approximate surface area is 135 Å². The van der Waals surface area contributed by atoms with E-state index >= 15 is 0 Å². The molecule has 0 bridgehead atoms. The molecular weight excluding hydrogens is 323 g/mol. The average molecular weight is 336 g/mol. The number of hydrogen-bond acceptors (Lipinski definition) is 5. The summed E-state index contributed by atoms with van der Waals surface area (Å²) in [4.78, 5) is 29.1. The third-order valence-electron chi connectivity index (χ3n) is 3.44. The molecule has 1 amide bonds. The van der Waals surface area contributed by atoms with Gasteiger partial charge in [-0.3, -0.25) is 4.79 Å². The third-order valence-corrected chi connectivity index (χ3v) is 4.33. The number of halogens is 1. The first-order valence-corrected chi connectivity index (χ1v) is 7.77. The molecule has 1 aliphatic rings. The number of ether oxygens (including phenoxy) is 1. The van der Waals surface area contributed by atoms with Gasteiger partial charge in [-0.15, -0.1) is 11.3 Å². The maximum absolute atomic E-state index is 12.9. The lowest BCUT2D eigenvalue weighted by atomic mass is 10.2. The van der Waals surface area contributed by atoms with Crippen LogP contribution in [0.2, 0.25) is 0 Å². The summed E-state index contributed by atoms with van der Waals surface area (Å²) in [5.41, 5.74) is 0.973. The van der Waals surface area contributed by atoms with Gasteiger partial charge in [0.1, 0.15) is 16.5 Å². The Morgan fingerprint density at radius 2 is 2.09 bits per heavy atom. The predicted molar refractivity (Wildman–Crippen MR) is 80.8 cm³/mol. The van der Waals surface area contributed by atoms with Gasteiger partial charge in [0, 0.05) is 17.5 Å². The summed E-state index contributed by atoms with van der Waals surface area (Å²) in [6, 6.07) is 5.85. The predicted octanol–water partition coefficient (Wildman–Crippen LogP) is 1.87. The molecular formula is C15H13FN2O4S. The van der Waals surface area contributed by atoms with Crippen molar-refractivity contribution in [2.24, 2.45) is 0 Å². The molecule has 1 atom stereocenters. The van der Waals surface area contributed by atoms with E-state index in [0.717, 1.165) is 5.56 Å². The Bertz CT molecular complexity index is 731. The summed E-state index contributed by atoms with van der Waals surface area (Å²) in [6.45, 7) is 0.501. The lowest BCUT2D eigenvalue weighted by Gasteiger charge is -2.30. The molecule has 8 heteroatoms. The largest absolute Gasteiger partial charge is 0.479 e. The van der Waals surface area contributed by atoms with Crippen molar-refractivity contribution < 1.29 is 23.8 Å². The van der Waals surface area contributed by atoms with Gasteiger partial charge in [-0.05, 0) is 24.3 Å². The van der Waals surface area contributed by atoms with Crippen LogP contribution in [0.15, 0.2) is 29.6 Å². The fourth-order valence-corrected chi connectivity index (χ4v) is 3.04. The molecule has 0 aliphatic carbocycles. The van der Waals surface area contributed by atoms with Crippen molar-refractivity contribution in [3.8, 4) is 10.6 Å². The number of carboxylic acid groups (broad SMARTS) is 1. The Kier molecular flexibility index (Phi) is 4.35. The van der Waals surface area contributed by atoms with Crippen LogP contribution in [-0.4, -0.2) is 52.7 Å². The van der Waals surface area contributed by atoms with E-state index in [9.17, 15) is 14.0 Å². The number of rotatable bonds is 3. The van der Waals surface area contributed by atoms with Crippen LogP contribution >= 0.6 is 11.3 Å². The zero-order chi connectivity index (χ0) is 16.4. The van der Waals surface area contributed by atoms with E-state index in [0.29, 0.717) is 11.6 Å². The Morgan fingerprint density at radius 3 is 2.78 bits per heavy atom. The Morgan fingerprint density at radius 1 is 1.35 bits per heavy atom. The van der Waals surface area contributed by atoms with E-state index < -0.39 is 12.1 Å². The van der Waals surface area contributed by atoms with Gasteiger partial charge in [-0.25, -0.2) is 14.2 Å². The molecule has 23 heavy (non-hydrogen) atoms. The van der Waals surface area contributed by atoms with Gasteiger partial charge in [-0.2, -0.15) is 0 Å². The molecule has 1 fully saturated rings. The van der Waals surface area contributed by atoms with Gasteiger partial charge in [0.15, 0.2) is 6.10 Å². The molecule has 0 saturated carbocycles. The summed E-state index contributed by atoms with van der Waals surface area (Å²) in [5.74, 6) is -1.76. The molecule has 120 valence electrons. The monoisotopic (exact) mass is 336 g/mol. The standard InChI is InChI=1S/C15H13FN2O4S/c16-10-3-1-9(2-4-10)13-17-11(8-23-13)14(19)18-5-6-22-12(7-18)15(20)21/h1-4,8,12H,5-7H2,(H,20,21). The van der Waals surface area contributed by atoms with Crippen LogP contribution < -0.4 is 0 Å². The first kappa shape index (κ1) is 15.6. The highest BCUT2D eigenvalue weighted by molar-refractivity contribution is 7.13. The van der Waals surface area contributed by atoms with Gasteiger partial charge in [0.25, 0.3) is 5.91 Å². The number of amides is 1. The van der Waals surface area contributed by atoms with Crippen molar-refractivity contribution >= 4 is 23.2 Å². The molecule has 6 nitrogen and oxygen atoms in total. The number of carbonyl (C=O) groups excluding carboxylic acids is 1. The maximum atomic E-state index is 12.9. The minimum atomic E-state index is -1.09. The quantitative estimate of drug-likeness (QED) is 0.926. The highest BCUT2D eigenvalue weighted by Crippen LogP contribution is 2.24. The Balaban J connectivity index is 1.75. The lowest BCUT2D eigenvalue weighted by Crippen LogP contribution is -2.48. The lowest BCUT2D eigenvalue weighted by molar-refractivity contribution is -0.154. The molecule has 1 aliphatic heterocycles. The molecule has 1 aromatic carbocycles. The molecule has 1 unspecified atom stereocenters. The van der Waals surface area contributed by atoms with E-state index in [1.54, 1.807) is 17.5 Å². The first-order chi connectivity index (χ1) is 11.0. The topological polar surface area (TPSA) is 79.7 Å². The molecule has 2 aromatic rings. The van der Waals surface area contributed by atoms with E-state index in [1.165, 1.54) is 28.4 Å². The number of carboxylic acids is 1.